The summed E-state index contributed by atoms with van der Waals surface area (Å²) in [5, 5.41) is 2.64. The second-order valence-electron chi connectivity index (χ2n) is 3.80. The Morgan fingerprint density at radius 3 is 2.61 bits per heavy atom. The maximum absolute atomic E-state index is 11.6. The van der Waals surface area contributed by atoms with Crippen molar-refractivity contribution in [2.75, 3.05) is 6.54 Å². The third-order valence-electron chi connectivity index (χ3n) is 2.38. The van der Waals surface area contributed by atoms with E-state index in [4.69, 9.17) is 0 Å². The summed E-state index contributed by atoms with van der Waals surface area (Å²) in [6.45, 7) is 2.65. The van der Waals surface area contributed by atoms with E-state index in [-0.39, 0.29) is 11.7 Å². The summed E-state index contributed by atoms with van der Waals surface area (Å²) in [5.41, 5.74) is -1.35. The number of amides is 1. The van der Waals surface area contributed by atoms with E-state index < -0.39 is 17.2 Å². The van der Waals surface area contributed by atoms with Gasteiger partial charge in [0.25, 0.3) is 11.5 Å². The van der Waals surface area contributed by atoms with Crippen molar-refractivity contribution in [3.8, 4) is 0 Å². The van der Waals surface area contributed by atoms with Crippen LogP contribution in [0, 0.1) is 0 Å². The van der Waals surface area contributed by atoms with E-state index in [9.17, 15) is 14.4 Å². The molecule has 18 heavy (non-hydrogen) atoms. The molecule has 0 fully saturated rings. The summed E-state index contributed by atoms with van der Waals surface area (Å²) < 4.78 is 0. The fourth-order valence-corrected chi connectivity index (χ4v) is 1.43. The van der Waals surface area contributed by atoms with E-state index >= 15 is 0 Å². The first-order chi connectivity index (χ1) is 8.15. The number of carbonyl (C=O) groups is 1. The highest BCUT2D eigenvalue weighted by atomic mass is 16.2. The lowest BCUT2D eigenvalue weighted by atomic mass is 10.2. The van der Waals surface area contributed by atoms with Crippen molar-refractivity contribution in [2.45, 2.75) is 32.6 Å². The van der Waals surface area contributed by atoms with Gasteiger partial charge in [-0.1, -0.05) is 26.2 Å². The molecular weight excluding hydrogens is 236 g/mol. The molecule has 0 aliphatic rings. The van der Waals surface area contributed by atoms with Crippen LogP contribution in [0.1, 0.15) is 43.0 Å². The molecule has 0 saturated carbocycles. The molecule has 0 aliphatic heterocycles. The number of hydrogen-bond donors (Lipinski definition) is 4. The van der Waals surface area contributed by atoms with Crippen molar-refractivity contribution in [1.82, 2.24) is 21.4 Å². The molecular formula is C11H20N4O3. The fourth-order valence-electron chi connectivity index (χ4n) is 1.43. The lowest BCUT2D eigenvalue weighted by Crippen LogP contribution is -2.33. The quantitative estimate of drug-likeness (QED) is 0.553. The number of nitrogens with one attached hydrogen (secondary N) is 3. The number of aromatic amines is 2. The summed E-state index contributed by atoms with van der Waals surface area (Å²) in [6.07, 6.45) is 5.34. The SMILES string of the molecule is CCCCCCNC(=O)c1c[nH]c(=O)[nH]c1=O.N. The average Bonchev–Trinajstić information content (AvgIpc) is 2.28. The first-order valence-corrected chi connectivity index (χ1v) is 5.75. The standard InChI is InChI=1S/C11H17N3O3.H3N/c1-2-3-4-5-6-12-9(15)8-7-13-11(17)14-10(8)16;/h7H,2-6H2,1H3,(H,12,15)(H2,13,14,16,17);1H3. The van der Waals surface area contributed by atoms with Crippen molar-refractivity contribution < 1.29 is 4.79 Å². The molecule has 1 aromatic heterocycles. The monoisotopic (exact) mass is 256 g/mol. The number of hydrogen-bond acceptors (Lipinski definition) is 4. The molecule has 1 heterocycles. The van der Waals surface area contributed by atoms with E-state index in [0.29, 0.717) is 6.54 Å². The lowest BCUT2D eigenvalue weighted by Gasteiger charge is -2.03. The minimum Gasteiger partial charge on any atom is -0.352 e. The predicted octanol–water partition coefficient (Wildman–Crippen LogP) is 0.535. The molecule has 0 spiro atoms. The Bertz CT molecular complexity index is 478. The van der Waals surface area contributed by atoms with Gasteiger partial charge >= 0.3 is 5.69 Å². The highest BCUT2D eigenvalue weighted by Gasteiger charge is 2.09. The van der Waals surface area contributed by atoms with Gasteiger partial charge in [0, 0.05) is 12.7 Å². The number of H-pyrrole nitrogens is 2. The molecule has 0 aromatic carbocycles. The van der Waals surface area contributed by atoms with Gasteiger partial charge in [0.2, 0.25) is 0 Å². The van der Waals surface area contributed by atoms with Crippen molar-refractivity contribution in [2.24, 2.45) is 0 Å². The Balaban J connectivity index is 0.00000289. The van der Waals surface area contributed by atoms with Crippen molar-refractivity contribution >= 4 is 5.91 Å². The summed E-state index contributed by atoms with van der Waals surface area (Å²) in [7, 11) is 0. The molecule has 1 amide bonds. The van der Waals surface area contributed by atoms with Crippen LogP contribution in [-0.2, 0) is 0 Å². The van der Waals surface area contributed by atoms with Crippen LogP contribution in [0.4, 0.5) is 0 Å². The molecule has 0 bridgehead atoms. The van der Waals surface area contributed by atoms with Crippen LogP contribution in [0.25, 0.3) is 0 Å². The molecule has 0 atom stereocenters. The molecule has 6 N–H and O–H groups in total. The highest BCUT2D eigenvalue weighted by Crippen LogP contribution is 1.97. The zero-order valence-electron chi connectivity index (χ0n) is 10.5. The van der Waals surface area contributed by atoms with Crippen LogP contribution in [-0.4, -0.2) is 22.4 Å². The molecule has 0 unspecified atom stereocenters. The Morgan fingerprint density at radius 2 is 2.00 bits per heavy atom. The predicted molar refractivity (Wildman–Crippen MR) is 69.2 cm³/mol. The average molecular weight is 256 g/mol. The summed E-state index contributed by atoms with van der Waals surface area (Å²) in [6, 6.07) is 0. The Kier molecular flexibility index (Phi) is 7.37. The van der Waals surface area contributed by atoms with Crippen molar-refractivity contribution in [3.05, 3.63) is 32.6 Å². The van der Waals surface area contributed by atoms with Crippen LogP contribution in [0.5, 0.6) is 0 Å². The molecule has 7 heteroatoms. The van der Waals surface area contributed by atoms with E-state index in [0.717, 1.165) is 31.9 Å². The topological polar surface area (TPSA) is 130 Å². The Morgan fingerprint density at radius 1 is 1.28 bits per heavy atom. The number of carbonyl (C=O) groups excluding carboxylic acids is 1. The second kappa shape index (κ2) is 8.24. The third kappa shape index (κ3) is 4.96. The first kappa shape index (κ1) is 16.1. The normalized spacial score (nSPS) is 9.61. The summed E-state index contributed by atoms with van der Waals surface area (Å²) in [4.78, 5) is 37.9. The van der Waals surface area contributed by atoms with Crippen LogP contribution >= 0.6 is 0 Å². The maximum atomic E-state index is 11.6. The maximum Gasteiger partial charge on any atom is 0.325 e. The zero-order chi connectivity index (χ0) is 12.7. The van der Waals surface area contributed by atoms with Gasteiger partial charge in [0.05, 0.1) is 0 Å². The number of rotatable bonds is 6. The Labute approximate surface area is 105 Å². The minimum absolute atomic E-state index is 0. The summed E-state index contributed by atoms with van der Waals surface area (Å²) in [5.74, 6) is -0.459. The van der Waals surface area contributed by atoms with E-state index in [1.807, 2.05) is 4.98 Å². The van der Waals surface area contributed by atoms with Gasteiger partial charge in [0.15, 0.2) is 0 Å². The zero-order valence-corrected chi connectivity index (χ0v) is 10.5. The van der Waals surface area contributed by atoms with Crippen molar-refractivity contribution in [3.63, 3.8) is 0 Å². The van der Waals surface area contributed by atoms with Gasteiger partial charge in [-0.25, -0.2) is 4.79 Å². The Hall–Kier alpha value is -1.89. The first-order valence-electron chi connectivity index (χ1n) is 5.75. The van der Waals surface area contributed by atoms with Crippen LogP contribution < -0.4 is 22.7 Å². The number of aromatic nitrogens is 2. The van der Waals surface area contributed by atoms with Gasteiger partial charge in [0.1, 0.15) is 5.56 Å². The van der Waals surface area contributed by atoms with E-state index in [1.54, 1.807) is 0 Å². The van der Waals surface area contributed by atoms with Gasteiger partial charge in [-0.3, -0.25) is 14.6 Å². The summed E-state index contributed by atoms with van der Waals surface area (Å²) >= 11 is 0. The van der Waals surface area contributed by atoms with E-state index in [1.165, 1.54) is 0 Å². The van der Waals surface area contributed by atoms with Gasteiger partial charge in [-0.15, -0.1) is 0 Å². The van der Waals surface area contributed by atoms with Gasteiger partial charge in [-0.2, -0.15) is 0 Å². The molecule has 7 nitrogen and oxygen atoms in total. The highest BCUT2D eigenvalue weighted by molar-refractivity contribution is 5.93. The van der Waals surface area contributed by atoms with Crippen LogP contribution in [0.3, 0.4) is 0 Å². The molecule has 0 aliphatic carbocycles. The minimum atomic E-state index is -0.667. The molecule has 1 rings (SSSR count). The van der Waals surface area contributed by atoms with Crippen molar-refractivity contribution in [1.29, 1.82) is 0 Å². The van der Waals surface area contributed by atoms with Gasteiger partial charge < -0.3 is 16.5 Å². The van der Waals surface area contributed by atoms with Crippen LogP contribution in [0.2, 0.25) is 0 Å². The molecule has 0 saturated heterocycles. The van der Waals surface area contributed by atoms with Crippen LogP contribution in [0.15, 0.2) is 15.8 Å². The molecule has 1 aromatic rings. The fraction of sp³-hybridized carbons (Fsp3) is 0.545. The third-order valence-corrected chi connectivity index (χ3v) is 2.38. The molecule has 102 valence electrons. The number of unbranched alkanes of at least 4 members (excludes halogenated alkanes) is 3. The molecule has 0 radical (unpaired) electrons. The lowest BCUT2D eigenvalue weighted by molar-refractivity contribution is 0.0951. The second-order valence-corrected chi connectivity index (χ2v) is 3.80. The van der Waals surface area contributed by atoms with Gasteiger partial charge in [-0.05, 0) is 6.42 Å². The van der Waals surface area contributed by atoms with E-state index in [2.05, 4.69) is 17.2 Å². The largest absolute Gasteiger partial charge is 0.352 e. The smallest absolute Gasteiger partial charge is 0.325 e.